The number of hydrogen-bond acceptors (Lipinski definition) is 6. The molecule has 2 fully saturated rings. The minimum absolute atomic E-state index is 0.0219. The first kappa shape index (κ1) is 21.5. The summed E-state index contributed by atoms with van der Waals surface area (Å²) >= 11 is 0. The predicted molar refractivity (Wildman–Crippen MR) is 115 cm³/mol. The number of aromatic nitrogens is 2. The fourth-order valence-electron chi connectivity index (χ4n) is 5.04. The van der Waals surface area contributed by atoms with Gasteiger partial charge in [-0.2, -0.15) is 14.3 Å². The summed E-state index contributed by atoms with van der Waals surface area (Å²) in [6.07, 6.45) is 0.647. The summed E-state index contributed by atoms with van der Waals surface area (Å²) in [5, 5.41) is 10.3. The van der Waals surface area contributed by atoms with Crippen LogP contribution < -0.4 is 9.38 Å². The Labute approximate surface area is 182 Å². The van der Waals surface area contributed by atoms with Gasteiger partial charge in [0.15, 0.2) is 0 Å². The summed E-state index contributed by atoms with van der Waals surface area (Å²) in [5.41, 5.74) is 0.960. The van der Waals surface area contributed by atoms with E-state index in [2.05, 4.69) is 4.98 Å². The lowest BCUT2D eigenvalue weighted by atomic mass is 10.1. The van der Waals surface area contributed by atoms with Crippen molar-refractivity contribution in [1.82, 2.24) is 24.3 Å². The van der Waals surface area contributed by atoms with Crippen molar-refractivity contribution in [3.8, 4) is 0 Å². The maximum Gasteiger partial charge on any atom is 0.520 e. The Bertz CT molecular complexity index is 927. The molecule has 4 heterocycles. The largest absolute Gasteiger partial charge is 0.520 e. The van der Waals surface area contributed by atoms with Crippen molar-refractivity contribution in [3.05, 3.63) is 11.3 Å². The van der Waals surface area contributed by atoms with Crippen LogP contribution in [0.1, 0.15) is 56.6 Å². The summed E-state index contributed by atoms with van der Waals surface area (Å²) in [6, 6.07) is -0.159. The zero-order valence-corrected chi connectivity index (χ0v) is 18.7. The van der Waals surface area contributed by atoms with Gasteiger partial charge in [-0.1, -0.05) is 0 Å². The fraction of sp³-hybridized carbons (Fsp3) is 0.667. The first-order chi connectivity index (χ1) is 14.7. The first-order valence-corrected chi connectivity index (χ1v) is 11.0. The second kappa shape index (κ2) is 7.74. The molecule has 3 aliphatic rings. The third-order valence-electron chi connectivity index (χ3n) is 7.00. The molecule has 1 aromatic heterocycles. The monoisotopic (exact) mass is 431 g/mol. The third kappa shape index (κ3) is 3.33. The summed E-state index contributed by atoms with van der Waals surface area (Å²) < 4.78 is -0.259. The summed E-state index contributed by atoms with van der Waals surface area (Å²) in [5.74, 6) is 0.684. The maximum atomic E-state index is 13.1. The molecule has 3 aliphatic heterocycles. The maximum absolute atomic E-state index is 13.1. The van der Waals surface area contributed by atoms with Gasteiger partial charge in [-0.3, -0.25) is 9.59 Å². The van der Waals surface area contributed by atoms with Crippen LogP contribution in [0.5, 0.6) is 0 Å². The van der Waals surface area contributed by atoms with Crippen LogP contribution in [0.3, 0.4) is 0 Å². The average molecular weight is 432 g/mol. The van der Waals surface area contributed by atoms with Crippen LogP contribution in [-0.4, -0.2) is 87.6 Å². The van der Waals surface area contributed by atoms with Crippen LogP contribution in [0.2, 0.25) is 0 Å². The SMILES string of the molecule is CC(=O)N1CCN(c2nc3c(c([N+]4(C(=O)O)CCC[C@H]4C)n2)CN(C(C)C)C3=O)CC1. The Balaban J connectivity index is 1.82. The molecule has 10 heteroatoms. The zero-order valence-electron chi connectivity index (χ0n) is 18.7. The van der Waals surface area contributed by atoms with E-state index in [4.69, 9.17) is 4.98 Å². The summed E-state index contributed by atoms with van der Waals surface area (Å²) in [7, 11) is 0. The van der Waals surface area contributed by atoms with E-state index in [0.29, 0.717) is 62.3 Å². The van der Waals surface area contributed by atoms with Gasteiger partial charge in [-0.15, -0.1) is 0 Å². The molecule has 2 atom stereocenters. The van der Waals surface area contributed by atoms with E-state index in [0.717, 1.165) is 12.8 Å². The van der Waals surface area contributed by atoms with Gasteiger partial charge in [-0.25, -0.2) is 4.98 Å². The van der Waals surface area contributed by atoms with Crippen molar-refractivity contribution in [2.75, 3.05) is 37.6 Å². The normalized spacial score (nSPS) is 26.0. The number of likely N-dealkylation sites (tertiary alicyclic amines) is 1. The second-order valence-corrected chi connectivity index (χ2v) is 9.06. The molecule has 0 bridgehead atoms. The Morgan fingerprint density at radius 3 is 2.35 bits per heavy atom. The predicted octanol–water partition coefficient (Wildman–Crippen LogP) is 1.68. The van der Waals surface area contributed by atoms with Gasteiger partial charge < -0.3 is 19.8 Å². The number of quaternary nitrogens is 1. The van der Waals surface area contributed by atoms with Gasteiger partial charge in [0, 0.05) is 52.0 Å². The lowest BCUT2D eigenvalue weighted by Gasteiger charge is -2.36. The van der Waals surface area contributed by atoms with E-state index in [9.17, 15) is 19.5 Å². The number of amides is 3. The Hall–Kier alpha value is -2.75. The number of anilines is 1. The van der Waals surface area contributed by atoms with Crippen molar-refractivity contribution in [2.24, 2.45) is 0 Å². The average Bonchev–Trinajstić information content (AvgIpc) is 3.28. The number of fused-ring (bicyclic) bond motifs is 1. The molecule has 2 saturated heterocycles. The molecule has 31 heavy (non-hydrogen) atoms. The number of rotatable bonds is 3. The highest BCUT2D eigenvalue weighted by atomic mass is 16.4. The van der Waals surface area contributed by atoms with E-state index < -0.39 is 6.09 Å². The topological polar surface area (TPSA) is 107 Å². The van der Waals surface area contributed by atoms with Crippen molar-refractivity contribution in [2.45, 2.75) is 59.2 Å². The molecule has 3 amide bonds. The van der Waals surface area contributed by atoms with Gasteiger partial charge >= 0.3 is 6.09 Å². The standard InChI is InChI=1S/C21H30N6O4/c1-13(2)26-12-16-17(19(26)29)22-20(25-9-7-24(8-10-25)15(4)28)23-18(16)27(21(30)31)11-5-6-14(27)3/h13-14H,5-12H2,1-4H3/p+1/t14-,27?/m1/s1. The van der Waals surface area contributed by atoms with Crippen molar-refractivity contribution in [1.29, 1.82) is 0 Å². The van der Waals surface area contributed by atoms with Crippen molar-refractivity contribution < 1.29 is 19.5 Å². The quantitative estimate of drug-likeness (QED) is 0.726. The summed E-state index contributed by atoms with van der Waals surface area (Å²) in [4.78, 5) is 52.3. The molecular formula is C21H31N6O4+. The molecule has 168 valence electrons. The molecule has 0 aromatic carbocycles. The van der Waals surface area contributed by atoms with E-state index in [1.165, 1.54) is 0 Å². The third-order valence-corrected chi connectivity index (χ3v) is 7.00. The van der Waals surface area contributed by atoms with E-state index in [1.807, 2.05) is 25.7 Å². The Morgan fingerprint density at radius 2 is 1.84 bits per heavy atom. The molecule has 1 N–H and O–H groups in total. The number of carboxylic acid groups (broad SMARTS) is 1. The highest BCUT2D eigenvalue weighted by Crippen LogP contribution is 2.41. The second-order valence-electron chi connectivity index (χ2n) is 9.06. The van der Waals surface area contributed by atoms with Gasteiger partial charge in [0.1, 0.15) is 11.7 Å². The number of carbonyl (C=O) groups is 3. The van der Waals surface area contributed by atoms with Crippen LogP contribution in [0.25, 0.3) is 0 Å². The van der Waals surface area contributed by atoms with Crippen LogP contribution >= 0.6 is 0 Å². The van der Waals surface area contributed by atoms with E-state index >= 15 is 0 Å². The van der Waals surface area contributed by atoms with Crippen LogP contribution in [-0.2, 0) is 11.3 Å². The summed E-state index contributed by atoms with van der Waals surface area (Å²) in [6.45, 7) is 10.3. The van der Waals surface area contributed by atoms with Crippen molar-refractivity contribution >= 4 is 29.7 Å². The van der Waals surface area contributed by atoms with Gasteiger partial charge in [0.25, 0.3) is 5.91 Å². The lowest BCUT2D eigenvalue weighted by Crippen LogP contribution is -2.57. The molecule has 1 unspecified atom stereocenters. The van der Waals surface area contributed by atoms with Gasteiger partial charge in [-0.05, 0) is 20.8 Å². The minimum Gasteiger partial charge on any atom is -0.435 e. The van der Waals surface area contributed by atoms with Crippen LogP contribution in [0.4, 0.5) is 16.6 Å². The molecule has 0 aliphatic carbocycles. The number of nitrogens with zero attached hydrogens (tertiary/aromatic N) is 6. The lowest BCUT2D eigenvalue weighted by molar-refractivity contribution is -0.129. The molecule has 0 saturated carbocycles. The fourth-order valence-corrected chi connectivity index (χ4v) is 5.04. The molecule has 10 nitrogen and oxygen atoms in total. The van der Waals surface area contributed by atoms with Gasteiger partial charge in [0.05, 0.1) is 18.7 Å². The smallest absolute Gasteiger partial charge is 0.435 e. The first-order valence-electron chi connectivity index (χ1n) is 11.0. The van der Waals surface area contributed by atoms with E-state index in [-0.39, 0.29) is 28.4 Å². The molecule has 0 spiro atoms. The Kier molecular flexibility index (Phi) is 5.36. The molecule has 1 aromatic rings. The van der Waals surface area contributed by atoms with Gasteiger partial charge in [0.2, 0.25) is 17.7 Å². The molecular weight excluding hydrogens is 400 g/mol. The highest BCUT2D eigenvalue weighted by molar-refractivity contribution is 5.99. The van der Waals surface area contributed by atoms with Crippen LogP contribution in [0, 0.1) is 0 Å². The van der Waals surface area contributed by atoms with Crippen molar-refractivity contribution in [3.63, 3.8) is 0 Å². The van der Waals surface area contributed by atoms with Crippen LogP contribution in [0.15, 0.2) is 0 Å². The minimum atomic E-state index is -0.936. The highest BCUT2D eigenvalue weighted by Gasteiger charge is 2.53. The number of carbonyl (C=O) groups excluding carboxylic acids is 2. The zero-order chi connectivity index (χ0) is 22.5. The number of hydrogen-bond donors (Lipinski definition) is 1. The number of piperazine rings is 1. The van der Waals surface area contributed by atoms with E-state index in [1.54, 1.807) is 16.7 Å². The Morgan fingerprint density at radius 1 is 1.16 bits per heavy atom. The molecule has 4 rings (SSSR count). The molecule has 0 radical (unpaired) electrons.